The summed E-state index contributed by atoms with van der Waals surface area (Å²) in [5.74, 6) is -0.578. The maximum absolute atomic E-state index is 12.6. The van der Waals surface area contributed by atoms with Gasteiger partial charge in [0, 0.05) is 12.1 Å². The Balaban J connectivity index is 1.91. The van der Waals surface area contributed by atoms with Gasteiger partial charge in [-0.3, -0.25) is 9.59 Å². The SMILES string of the molecule is NC(=O)C1CCCCN1C(=O)c1ccc2nc[nH]c2c1. The molecule has 6 nitrogen and oxygen atoms in total. The van der Waals surface area contributed by atoms with Crippen molar-refractivity contribution in [3.8, 4) is 0 Å². The molecule has 3 rings (SSSR count). The summed E-state index contributed by atoms with van der Waals surface area (Å²) < 4.78 is 0. The number of aromatic amines is 1. The molecule has 2 amide bonds. The second kappa shape index (κ2) is 4.96. The summed E-state index contributed by atoms with van der Waals surface area (Å²) in [6.07, 6.45) is 4.07. The van der Waals surface area contributed by atoms with Gasteiger partial charge in [-0.25, -0.2) is 4.98 Å². The first-order chi connectivity index (χ1) is 9.66. The van der Waals surface area contributed by atoms with Crippen molar-refractivity contribution in [1.29, 1.82) is 0 Å². The second-order valence-electron chi connectivity index (χ2n) is 5.05. The summed E-state index contributed by atoms with van der Waals surface area (Å²) in [6.45, 7) is 0.577. The number of primary amides is 1. The third-order valence-electron chi connectivity index (χ3n) is 3.76. The first-order valence-electron chi connectivity index (χ1n) is 6.70. The van der Waals surface area contributed by atoms with Crippen LogP contribution < -0.4 is 5.73 Å². The van der Waals surface area contributed by atoms with Crippen LogP contribution in [-0.2, 0) is 4.79 Å². The minimum atomic E-state index is -0.492. The number of hydrogen-bond acceptors (Lipinski definition) is 3. The van der Waals surface area contributed by atoms with Crippen LogP contribution in [-0.4, -0.2) is 39.3 Å². The molecule has 6 heteroatoms. The number of fused-ring (bicyclic) bond motifs is 1. The van der Waals surface area contributed by atoms with E-state index in [1.807, 2.05) is 0 Å². The molecule has 0 spiro atoms. The monoisotopic (exact) mass is 272 g/mol. The molecular formula is C14H16N4O2. The lowest BCUT2D eigenvalue weighted by atomic mass is 10.00. The molecule has 0 aliphatic carbocycles. The van der Waals surface area contributed by atoms with Crippen LogP contribution in [0.4, 0.5) is 0 Å². The number of amides is 2. The molecule has 2 aromatic rings. The number of piperidine rings is 1. The maximum atomic E-state index is 12.6. The number of carbonyl (C=O) groups is 2. The zero-order valence-electron chi connectivity index (χ0n) is 11.0. The van der Waals surface area contributed by atoms with Crippen LogP contribution in [0.1, 0.15) is 29.6 Å². The average molecular weight is 272 g/mol. The van der Waals surface area contributed by atoms with E-state index in [0.717, 1.165) is 23.9 Å². The molecule has 3 N–H and O–H groups in total. The third kappa shape index (κ3) is 2.13. The lowest BCUT2D eigenvalue weighted by Crippen LogP contribution is -2.50. The zero-order valence-corrected chi connectivity index (χ0v) is 11.0. The van der Waals surface area contributed by atoms with Gasteiger partial charge in [-0.15, -0.1) is 0 Å². The van der Waals surface area contributed by atoms with Gasteiger partial charge < -0.3 is 15.6 Å². The molecule has 1 atom stereocenters. The number of carbonyl (C=O) groups excluding carboxylic acids is 2. The first-order valence-corrected chi connectivity index (χ1v) is 6.70. The normalized spacial score (nSPS) is 19.2. The lowest BCUT2D eigenvalue weighted by Gasteiger charge is -2.33. The van der Waals surface area contributed by atoms with Gasteiger partial charge in [0.25, 0.3) is 5.91 Å². The van der Waals surface area contributed by atoms with Crippen LogP contribution in [0, 0.1) is 0 Å². The Morgan fingerprint density at radius 1 is 1.35 bits per heavy atom. The van der Waals surface area contributed by atoms with E-state index in [1.165, 1.54) is 0 Å². The highest BCUT2D eigenvalue weighted by Crippen LogP contribution is 2.21. The van der Waals surface area contributed by atoms with E-state index in [4.69, 9.17) is 5.73 Å². The molecule has 104 valence electrons. The number of likely N-dealkylation sites (tertiary alicyclic amines) is 1. The van der Waals surface area contributed by atoms with E-state index in [-0.39, 0.29) is 5.91 Å². The largest absolute Gasteiger partial charge is 0.368 e. The fraction of sp³-hybridized carbons (Fsp3) is 0.357. The topological polar surface area (TPSA) is 92.1 Å². The van der Waals surface area contributed by atoms with Crippen LogP contribution in [0.5, 0.6) is 0 Å². The van der Waals surface area contributed by atoms with Crippen LogP contribution in [0.2, 0.25) is 0 Å². The Morgan fingerprint density at radius 2 is 2.20 bits per heavy atom. The van der Waals surface area contributed by atoms with Crippen molar-refractivity contribution in [1.82, 2.24) is 14.9 Å². The number of hydrogen-bond donors (Lipinski definition) is 2. The standard InChI is InChI=1S/C14H16N4O2/c15-13(19)12-3-1-2-6-18(12)14(20)9-4-5-10-11(7-9)17-8-16-10/h4-5,7-8,12H,1-3,6H2,(H2,15,19)(H,16,17). The highest BCUT2D eigenvalue weighted by atomic mass is 16.2. The van der Waals surface area contributed by atoms with E-state index >= 15 is 0 Å². The quantitative estimate of drug-likeness (QED) is 0.855. The average Bonchev–Trinajstić information content (AvgIpc) is 2.93. The van der Waals surface area contributed by atoms with Gasteiger partial charge in [0.15, 0.2) is 0 Å². The fourth-order valence-corrected chi connectivity index (χ4v) is 2.70. The van der Waals surface area contributed by atoms with Gasteiger partial charge in [0.1, 0.15) is 6.04 Å². The Bertz CT molecular complexity index is 664. The summed E-state index contributed by atoms with van der Waals surface area (Å²) >= 11 is 0. The maximum Gasteiger partial charge on any atom is 0.254 e. The Morgan fingerprint density at radius 3 is 3.00 bits per heavy atom. The Labute approximate surface area is 116 Å². The molecule has 0 bridgehead atoms. The summed E-state index contributed by atoms with van der Waals surface area (Å²) in [5, 5.41) is 0. The molecule has 1 saturated heterocycles. The summed E-state index contributed by atoms with van der Waals surface area (Å²) in [6, 6.07) is 4.80. The minimum Gasteiger partial charge on any atom is -0.368 e. The predicted octanol–water partition coefficient (Wildman–Crippen LogP) is 1.04. The molecule has 0 radical (unpaired) electrons. The molecule has 1 aromatic carbocycles. The first kappa shape index (κ1) is 12.7. The number of imidazole rings is 1. The fourth-order valence-electron chi connectivity index (χ4n) is 2.70. The van der Waals surface area contributed by atoms with Gasteiger partial charge in [-0.2, -0.15) is 0 Å². The number of aromatic nitrogens is 2. The summed E-state index contributed by atoms with van der Waals surface area (Å²) in [7, 11) is 0. The van der Waals surface area contributed by atoms with Gasteiger partial charge in [-0.1, -0.05) is 0 Å². The van der Waals surface area contributed by atoms with Crippen molar-refractivity contribution < 1.29 is 9.59 Å². The molecular weight excluding hydrogens is 256 g/mol. The number of nitrogens with two attached hydrogens (primary N) is 1. The van der Waals surface area contributed by atoms with Crippen molar-refractivity contribution in [3.05, 3.63) is 30.1 Å². The molecule has 20 heavy (non-hydrogen) atoms. The molecule has 1 aromatic heterocycles. The lowest BCUT2D eigenvalue weighted by molar-refractivity contribution is -0.123. The smallest absolute Gasteiger partial charge is 0.254 e. The van der Waals surface area contributed by atoms with Gasteiger partial charge in [0.2, 0.25) is 5.91 Å². The number of nitrogens with zero attached hydrogens (tertiary/aromatic N) is 2. The molecule has 2 heterocycles. The molecule has 1 unspecified atom stereocenters. The van der Waals surface area contributed by atoms with Crippen LogP contribution in [0.3, 0.4) is 0 Å². The van der Waals surface area contributed by atoms with Gasteiger partial charge >= 0.3 is 0 Å². The highest BCUT2D eigenvalue weighted by molar-refractivity contribution is 5.99. The highest BCUT2D eigenvalue weighted by Gasteiger charge is 2.31. The summed E-state index contributed by atoms with van der Waals surface area (Å²) in [4.78, 5) is 32.7. The van der Waals surface area contributed by atoms with E-state index in [0.29, 0.717) is 18.5 Å². The zero-order chi connectivity index (χ0) is 14.1. The molecule has 1 aliphatic rings. The summed E-state index contributed by atoms with van der Waals surface area (Å²) in [5.41, 5.74) is 7.57. The number of nitrogens with one attached hydrogen (secondary N) is 1. The second-order valence-corrected chi connectivity index (χ2v) is 5.05. The minimum absolute atomic E-state index is 0.148. The van der Waals surface area contributed by atoms with Crippen molar-refractivity contribution in [3.63, 3.8) is 0 Å². The molecule has 1 aliphatic heterocycles. The predicted molar refractivity (Wildman–Crippen MR) is 74.0 cm³/mol. The van der Waals surface area contributed by atoms with E-state index in [1.54, 1.807) is 29.4 Å². The number of benzene rings is 1. The third-order valence-corrected chi connectivity index (χ3v) is 3.76. The molecule has 1 fully saturated rings. The van der Waals surface area contributed by atoms with Crippen LogP contribution in [0.25, 0.3) is 11.0 Å². The van der Waals surface area contributed by atoms with Crippen molar-refractivity contribution in [2.24, 2.45) is 5.73 Å². The van der Waals surface area contributed by atoms with E-state index < -0.39 is 11.9 Å². The van der Waals surface area contributed by atoms with Crippen molar-refractivity contribution in [2.75, 3.05) is 6.54 Å². The molecule has 0 saturated carbocycles. The van der Waals surface area contributed by atoms with E-state index in [9.17, 15) is 9.59 Å². The Hall–Kier alpha value is -2.37. The van der Waals surface area contributed by atoms with Crippen LogP contribution >= 0.6 is 0 Å². The van der Waals surface area contributed by atoms with E-state index in [2.05, 4.69) is 9.97 Å². The van der Waals surface area contributed by atoms with Crippen molar-refractivity contribution >= 4 is 22.8 Å². The number of H-pyrrole nitrogens is 1. The van der Waals surface area contributed by atoms with Crippen LogP contribution in [0.15, 0.2) is 24.5 Å². The number of rotatable bonds is 2. The van der Waals surface area contributed by atoms with Crippen molar-refractivity contribution in [2.45, 2.75) is 25.3 Å². The van der Waals surface area contributed by atoms with Gasteiger partial charge in [0.05, 0.1) is 17.4 Å². The Kier molecular flexibility index (Phi) is 3.14. The van der Waals surface area contributed by atoms with Gasteiger partial charge in [-0.05, 0) is 37.5 Å².